The summed E-state index contributed by atoms with van der Waals surface area (Å²) in [6.07, 6.45) is 6.89. The van der Waals surface area contributed by atoms with Crippen LogP contribution in [0.2, 0.25) is 0 Å². The van der Waals surface area contributed by atoms with Gasteiger partial charge in [-0.25, -0.2) is 0 Å². The summed E-state index contributed by atoms with van der Waals surface area (Å²) in [7, 11) is 4.16. The molecule has 1 aliphatic heterocycles. The molecule has 0 spiro atoms. The lowest BCUT2D eigenvalue weighted by atomic mass is 9.93. The van der Waals surface area contributed by atoms with Gasteiger partial charge in [-0.15, -0.1) is 0 Å². The number of carbonyl (C=O) groups is 1. The second kappa shape index (κ2) is 7.66. The number of benzene rings is 1. The van der Waals surface area contributed by atoms with E-state index in [-0.39, 0.29) is 11.4 Å². The average Bonchev–Trinajstić information content (AvgIpc) is 3.25. The Morgan fingerprint density at radius 3 is 2.33 bits per heavy atom. The molecule has 132 valence electrons. The smallest absolute Gasteiger partial charge is 0.240 e. The summed E-state index contributed by atoms with van der Waals surface area (Å²) in [6.45, 7) is 3.72. The topological polar surface area (TPSA) is 35.6 Å². The Kier molecular flexibility index (Phi) is 5.57. The van der Waals surface area contributed by atoms with Crippen molar-refractivity contribution >= 4 is 5.91 Å². The number of carbonyl (C=O) groups excluding carboxylic acids is 1. The van der Waals surface area contributed by atoms with E-state index >= 15 is 0 Å². The quantitative estimate of drug-likeness (QED) is 0.872. The van der Waals surface area contributed by atoms with Gasteiger partial charge in [0.25, 0.3) is 0 Å². The fourth-order valence-electron chi connectivity index (χ4n) is 4.36. The zero-order chi connectivity index (χ0) is 17.0. The molecule has 2 aliphatic rings. The van der Waals surface area contributed by atoms with E-state index < -0.39 is 0 Å². The van der Waals surface area contributed by atoms with E-state index in [0.29, 0.717) is 6.54 Å². The van der Waals surface area contributed by atoms with Gasteiger partial charge in [-0.1, -0.05) is 37.1 Å². The number of rotatable bonds is 6. The van der Waals surface area contributed by atoms with Gasteiger partial charge in [0.2, 0.25) is 5.91 Å². The highest BCUT2D eigenvalue weighted by atomic mass is 16.2. The number of nitrogens with one attached hydrogen (secondary N) is 1. The summed E-state index contributed by atoms with van der Waals surface area (Å²) < 4.78 is 0. The second-order valence-electron chi connectivity index (χ2n) is 7.62. The fraction of sp³-hybridized carbons (Fsp3) is 0.650. The molecule has 1 aliphatic carbocycles. The number of hydrogen-bond donors (Lipinski definition) is 1. The first-order valence-electron chi connectivity index (χ1n) is 9.37. The van der Waals surface area contributed by atoms with E-state index in [1.807, 2.05) is 0 Å². The van der Waals surface area contributed by atoms with Crippen molar-refractivity contribution in [3.05, 3.63) is 35.4 Å². The Labute approximate surface area is 146 Å². The fourth-order valence-corrected chi connectivity index (χ4v) is 4.36. The summed E-state index contributed by atoms with van der Waals surface area (Å²) in [5.41, 5.74) is 2.30. The minimum Gasteiger partial charge on any atom is -0.350 e. The van der Waals surface area contributed by atoms with Crippen LogP contribution >= 0.6 is 0 Å². The molecule has 1 aromatic rings. The van der Waals surface area contributed by atoms with Gasteiger partial charge < -0.3 is 10.2 Å². The molecule has 0 radical (unpaired) electrons. The van der Waals surface area contributed by atoms with E-state index in [9.17, 15) is 4.79 Å². The third-order valence-electron chi connectivity index (χ3n) is 5.61. The first-order valence-corrected chi connectivity index (χ1v) is 9.37. The molecule has 1 aromatic carbocycles. The predicted molar refractivity (Wildman–Crippen MR) is 97.7 cm³/mol. The summed E-state index contributed by atoms with van der Waals surface area (Å²) in [6, 6.07) is 8.43. The largest absolute Gasteiger partial charge is 0.350 e. The highest BCUT2D eigenvalue weighted by Gasteiger charge is 2.46. The molecular weight excluding hydrogens is 298 g/mol. The predicted octanol–water partition coefficient (Wildman–Crippen LogP) is 2.77. The van der Waals surface area contributed by atoms with Crippen LogP contribution in [0, 0.1) is 0 Å². The van der Waals surface area contributed by atoms with Crippen molar-refractivity contribution in [1.29, 1.82) is 0 Å². The van der Waals surface area contributed by atoms with Crippen molar-refractivity contribution in [2.24, 2.45) is 0 Å². The van der Waals surface area contributed by atoms with Gasteiger partial charge in [-0.2, -0.15) is 0 Å². The van der Waals surface area contributed by atoms with Crippen LogP contribution < -0.4 is 5.32 Å². The van der Waals surface area contributed by atoms with Crippen molar-refractivity contribution in [1.82, 2.24) is 15.1 Å². The van der Waals surface area contributed by atoms with E-state index in [1.54, 1.807) is 0 Å². The second-order valence-corrected chi connectivity index (χ2v) is 7.62. The Bertz CT molecular complexity index is 558. The van der Waals surface area contributed by atoms with Crippen LogP contribution in [0.25, 0.3) is 0 Å². The van der Waals surface area contributed by atoms with Crippen molar-refractivity contribution in [3.63, 3.8) is 0 Å². The number of amides is 1. The van der Waals surface area contributed by atoms with Crippen LogP contribution in [0.15, 0.2) is 24.3 Å². The van der Waals surface area contributed by atoms with Gasteiger partial charge in [0.1, 0.15) is 5.54 Å². The summed E-state index contributed by atoms with van der Waals surface area (Å²) >= 11 is 0. The highest BCUT2D eigenvalue weighted by Crippen LogP contribution is 2.37. The van der Waals surface area contributed by atoms with Gasteiger partial charge in [-0.3, -0.25) is 9.69 Å². The summed E-state index contributed by atoms with van der Waals surface area (Å²) in [5, 5.41) is 3.27. The zero-order valence-electron chi connectivity index (χ0n) is 15.2. The molecule has 0 atom stereocenters. The van der Waals surface area contributed by atoms with Crippen molar-refractivity contribution in [3.8, 4) is 0 Å². The van der Waals surface area contributed by atoms with Crippen LogP contribution in [-0.2, 0) is 17.9 Å². The molecule has 0 aromatic heterocycles. The molecular formula is C20H31N3O. The van der Waals surface area contributed by atoms with Crippen molar-refractivity contribution in [2.45, 2.75) is 57.2 Å². The molecule has 2 fully saturated rings. The molecule has 1 heterocycles. The van der Waals surface area contributed by atoms with E-state index in [4.69, 9.17) is 0 Å². The maximum Gasteiger partial charge on any atom is 0.240 e. The first-order chi connectivity index (χ1) is 11.6. The molecule has 1 amide bonds. The van der Waals surface area contributed by atoms with Crippen LogP contribution in [0.5, 0.6) is 0 Å². The maximum absolute atomic E-state index is 13.1. The molecule has 4 heteroatoms. The SMILES string of the molecule is CN(C)Cc1ccccc1CNC(=O)C1(N2CCCC2)CCCC1. The average molecular weight is 329 g/mol. The molecule has 1 saturated heterocycles. The Morgan fingerprint density at radius 2 is 1.71 bits per heavy atom. The lowest BCUT2D eigenvalue weighted by molar-refractivity contribution is -0.133. The molecule has 0 unspecified atom stereocenters. The summed E-state index contributed by atoms with van der Waals surface area (Å²) in [4.78, 5) is 17.7. The third-order valence-corrected chi connectivity index (χ3v) is 5.61. The normalized spacial score (nSPS) is 20.6. The monoisotopic (exact) mass is 329 g/mol. The van der Waals surface area contributed by atoms with Crippen LogP contribution in [0.3, 0.4) is 0 Å². The molecule has 1 N–H and O–H groups in total. The molecule has 0 bridgehead atoms. The maximum atomic E-state index is 13.1. The van der Waals surface area contributed by atoms with E-state index in [2.05, 4.69) is 53.5 Å². The molecule has 4 nitrogen and oxygen atoms in total. The van der Waals surface area contributed by atoms with Crippen LogP contribution in [0.1, 0.15) is 49.7 Å². The number of nitrogens with zero attached hydrogens (tertiary/aromatic N) is 2. The van der Waals surface area contributed by atoms with Gasteiger partial charge >= 0.3 is 0 Å². The van der Waals surface area contributed by atoms with Gasteiger partial charge in [0.15, 0.2) is 0 Å². The van der Waals surface area contributed by atoms with Gasteiger partial charge in [0, 0.05) is 13.1 Å². The standard InChI is InChI=1S/C20H31N3O/c1-22(2)16-18-10-4-3-9-17(18)15-21-19(24)20(11-5-6-12-20)23-13-7-8-14-23/h3-4,9-10H,5-8,11-16H2,1-2H3,(H,21,24). The Hall–Kier alpha value is -1.39. The van der Waals surface area contributed by atoms with Crippen LogP contribution in [0.4, 0.5) is 0 Å². The molecule has 3 rings (SSSR count). The minimum absolute atomic E-state index is 0.229. The van der Waals surface area contributed by atoms with Crippen LogP contribution in [-0.4, -0.2) is 48.4 Å². The zero-order valence-corrected chi connectivity index (χ0v) is 15.2. The van der Waals surface area contributed by atoms with E-state index in [1.165, 1.54) is 36.8 Å². The molecule has 1 saturated carbocycles. The summed E-state index contributed by atoms with van der Waals surface area (Å²) in [5.74, 6) is 0.251. The van der Waals surface area contributed by atoms with Crippen molar-refractivity contribution < 1.29 is 4.79 Å². The highest BCUT2D eigenvalue weighted by molar-refractivity contribution is 5.86. The lowest BCUT2D eigenvalue weighted by Crippen LogP contribution is -2.56. The first kappa shape index (κ1) is 17.4. The minimum atomic E-state index is -0.229. The number of hydrogen-bond acceptors (Lipinski definition) is 3. The Balaban J connectivity index is 1.68. The number of likely N-dealkylation sites (tertiary alicyclic amines) is 1. The third kappa shape index (κ3) is 3.65. The van der Waals surface area contributed by atoms with Gasteiger partial charge in [-0.05, 0) is 64.0 Å². The Morgan fingerprint density at radius 1 is 1.08 bits per heavy atom. The lowest BCUT2D eigenvalue weighted by Gasteiger charge is -2.37. The van der Waals surface area contributed by atoms with E-state index in [0.717, 1.165) is 32.5 Å². The van der Waals surface area contributed by atoms with Crippen molar-refractivity contribution in [2.75, 3.05) is 27.2 Å². The molecule has 24 heavy (non-hydrogen) atoms. The van der Waals surface area contributed by atoms with Gasteiger partial charge in [0.05, 0.1) is 0 Å².